The molecule has 3 aromatic rings. The van der Waals surface area contributed by atoms with Crippen molar-refractivity contribution in [3.63, 3.8) is 0 Å². The zero-order valence-electron chi connectivity index (χ0n) is 15.1. The van der Waals surface area contributed by atoms with Crippen LogP contribution in [0.1, 0.15) is 47.2 Å². The van der Waals surface area contributed by atoms with Gasteiger partial charge in [-0.1, -0.05) is 0 Å². The highest BCUT2D eigenvalue weighted by molar-refractivity contribution is 5.47. The lowest BCUT2D eigenvalue weighted by Gasteiger charge is -2.32. The predicted molar refractivity (Wildman–Crippen MR) is 96.5 cm³/mol. The van der Waals surface area contributed by atoms with E-state index in [1.165, 1.54) is 24.1 Å². The molecule has 0 N–H and O–H groups in total. The molecular weight excluding hydrogens is 312 g/mol. The lowest BCUT2D eigenvalue weighted by molar-refractivity contribution is 0.199. The third kappa shape index (κ3) is 3.26. The Labute approximate surface area is 147 Å². The smallest absolute Gasteiger partial charge is 0.159 e. The molecule has 0 aliphatic carbocycles. The summed E-state index contributed by atoms with van der Waals surface area (Å²) < 4.78 is 1.94. The van der Waals surface area contributed by atoms with Gasteiger partial charge in [-0.05, 0) is 52.3 Å². The number of piperidine rings is 1. The zero-order valence-corrected chi connectivity index (χ0v) is 15.1. The molecule has 0 bridgehead atoms. The summed E-state index contributed by atoms with van der Waals surface area (Å²) in [5.74, 6) is 1.33. The highest BCUT2D eigenvalue weighted by Crippen LogP contribution is 2.27. The highest BCUT2D eigenvalue weighted by Gasteiger charge is 2.23. The summed E-state index contributed by atoms with van der Waals surface area (Å²) in [7, 11) is 0. The Morgan fingerprint density at radius 3 is 2.92 bits per heavy atom. The van der Waals surface area contributed by atoms with Gasteiger partial charge in [0, 0.05) is 47.8 Å². The van der Waals surface area contributed by atoms with E-state index in [0.717, 1.165) is 42.5 Å². The minimum atomic E-state index is 0.480. The van der Waals surface area contributed by atoms with Gasteiger partial charge in [0.25, 0.3) is 0 Å². The Hall–Kier alpha value is -2.34. The number of hydrogen-bond donors (Lipinski definition) is 0. The van der Waals surface area contributed by atoms with Crippen LogP contribution in [0.3, 0.4) is 0 Å². The van der Waals surface area contributed by atoms with E-state index >= 15 is 0 Å². The molecule has 1 atom stereocenters. The third-order valence-electron chi connectivity index (χ3n) is 4.97. The minimum absolute atomic E-state index is 0.480. The first-order valence-electron chi connectivity index (χ1n) is 8.93. The van der Waals surface area contributed by atoms with E-state index < -0.39 is 0 Å². The number of aromatic nitrogens is 5. The van der Waals surface area contributed by atoms with Crippen molar-refractivity contribution in [2.24, 2.45) is 0 Å². The first kappa shape index (κ1) is 16.1. The maximum Gasteiger partial charge on any atom is 0.159 e. The quantitative estimate of drug-likeness (QED) is 0.736. The van der Waals surface area contributed by atoms with Crippen molar-refractivity contribution in [1.29, 1.82) is 0 Å². The molecule has 6 heteroatoms. The lowest BCUT2D eigenvalue weighted by Crippen LogP contribution is -2.34. The first-order valence-corrected chi connectivity index (χ1v) is 8.93. The third-order valence-corrected chi connectivity index (χ3v) is 4.97. The molecule has 0 spiro atoms. The summed E-state index contributed by atoms with van der Waals surface area (Å²) in [5.41, 5.74) is 5.52. The Bertz CT molecular complexity index is 900. The Balaban J connectivity index is 1.55. The fraction of sp³-hybridized carbons (Fsp3) is 0.474. The fourth-order valence-corrected chi connectivity index (χ4v) is 3.81. The van der Waals surface area contributed by atoms with Crippen LogP contribution in [-0.2, 0) is 6.54 Å². The van der Waals surface area contributed by atoms with Crippen molar-refractivity contribution >= 4 is 5.65 Å². The molecule has 1 aliphatic rings. The molecule has 0 saturated carbocycles. The SMILES string of the molecule is Cc1cc(C)n2ncc(CN3CCC[C@H](c4ccnc(C)n4)C3)c2n1. The van der Waals surface area contributed by atoms with E-state index in [0.29, 0.717) is 5.92 Å². The second kappa shape index (κ2) is 6.52. The summed E-state index contributed by atoms with van der Waals surface area (Å²) in [6.07, 6.45) is 6.22. The second-order valence-electron chi connectivity index (χ2n) is 7.05. The Kier molecular flexibility index (Phi) is 4.21. The normalized spacial score (nSPS) is 18.8. The van der Waals surface area contributed by atoms with Crippen LogP contribution in [-0.4, -0.2) is 42.6 Å². The van der Waals surface area contributed by atoms with E-state index in [2.05, 4.69) is 39.0 Å². The summed E-state index contributed by atoms with van der Waals surface area (Å²) in [4.78, 5) is 16.1. The number of fused-ring (bicyclic) bond motifs is 1. The molecule has 1 aliphatic heterocycles. The Morgan fingerprint density at radius 2 is 2.08 bits per heavy atom. The van der Waals surface area contributed by atoms with Crippen molar-refractivity contribution < 1.29 is 0 Å². The van der Waals surface area contributed by atoms with Gasteiger partial charge >= 0.3 is 0 Å². The molecule has 0 amide bonds. The van der Waals surface area contributed by atoms with Gasteiger partial charge in [0.15, 0.2) is 5.65 Å². The molecule has 4 rings (SSSR count). The van der Waals surface area contributed by atoms with Gasteiger partial charge in [0.1, 0.15) is 5.82 Å². The number of likely N-dealkylation sites (tertiary alicyclic amines) is 1. The maximum atomic E-state index is 4.70. The van der Waals surface area contributed by atoms with Crippen LogP contribution in [0, 0.1) is 20.8 Å². The first-order chi connectivity index (χ1) is 12.1. The molecule has 0 radical (unpaired) electrons. The number of aryl methyl sites for hydroxylation is 3. The van der Waals surface area contributed by atoms with Crippen molar-refractivity contribution in [2.75, 3.05) is 13.1 Å². The highest BCUT2D eigenvalue weighted by atomic mass is 15.3. The summed E-state index contributed by atoms with van der Waals surface area (Å²) in [5, 5.41) is 4.52. The second-order valence-corrected chi connectivity index (χ2v) is 7.05. The van der Waals surface area contributed by atoms with Gasteiger partial charge in [-0.15, -0.1) is 0 Å². The van der Waals surface area contributed by atoms with E-state index in [-0.39, 0.29) is 0 Å². The largest absolute Gasteiger partial charge is 0.298 e. The van der Waals surface area contributed by atoms with Crippen molar-refractivity contribution in [1.82, 2.24) is 29.5 Å². The predicted octanol–water partition coefficient (Wildman–Crippen LogP) is 2.82. The van der Waals surface area contributed by atoms with Gasteiger partial charge in [-0.3, -0.25) is 4.90 Å². The van der Waals surface area contributed by atoms with Gasteiger partial charge in [-0.25, -0.2) is 19.5 Å². The molecular formula is C19H24N6. The standard InChI is InChI=1S/C19H24N6/c1-13-9-14(2)25-19(22-13)17(10-21-25)12-24-8-4-5-16(11-24)18-6-7-20-15(3)23-18/h6-7,9-10,16H,4-5,8,11-12H2,1-3H3/t16-/m0/s1. The molecule has 1 saturated heterocycles. The monoisotopic (exact) mass is 336 g/mol. The van der Waals surface area contributed by atoms with E-state index in [9.17, 15) is 0 Å². The van der Waals surface area contributed by atoms with Crippen LogP contribution >= 0.6 is 0 Å². The average molecular weight is 336 g/mol. The Morgan fingerprint density at radius 1 is 1.20 bits per heavy atom. The average Bonchev–Trinajstić information content (AvgIpc) is 2.98. The summed E-state index contributed by atoms with van der Waals surface area (Å²) >= 11 is 0. The fourth-order valence-electron chi connectivity index (χ4n) is 3.81. The van der Waals surface area contributed by atoms with Gasteiger partial charge in [-0.2, -0.15) is 5.10 Å². The number of hydrogen-bond acceptors (Lipinski definition) is 5. The van der Waals surface area contributed by atoms with Crippen LogP contribution < -0.4 is 0 Å². The van der Waals surface area contributed by atoms with Gasteiger partial charge in [0.2, 0.25) is 0 Å². The van der Waals surface area contributed by atoms with Gasteiger partial charge in [0.05, 0.1) is 6.20 Å². The van der Waals surface area contributed by atoms with E-state index in [4.69, 9.17) is 4.98 Å². The molecule has 6 nitrogen and oxygen atoms in total. The van der Waals surface area contributed by atoms with Gasteiger partial charge < -0.3 is 0 Å². The minimum Gasteiger partial charge on any atom is -0.298 e. The van der Waals surface area contributed by atoms with Crippen LogP contribution in [0.15, 0.2) is 24.5 Å². The summed E-state index contributed by atoms with van der Waals surface area (Å²) in [6, 6.07) is 4.13. The molecule has 130 valence electrons. The summed E-state index contributed by atoms with van der Waals surface area (Å²) in [6.45, 7) is 9.10. The van der Waals surface area contributed by atoms with Crippen LogP contribution in [0.2, 0.25) is 0 Å². The maximum absolute atomic E-state index is 4.70. The number of rotatable bonds is 3. The van der Waals surface area contributed by atoms with E-state index in [1.54, 1.807) is 0 Å². The molecule has 0 unspecified atom stereocenters. The van der Waals surface area contributed by atoms with Crippen LogP contribution in [0.4, 0.5) is 0 Å². The van der Waals surface area contributed by atoms with E-state index in [1.807, 2.05) is 30.8 Å². The van der Waals surface area contributed by atoms with Crippen LogP contribution in [0.5, 0.6) is 0 Å². The molecule has 1 fully saturated rings. The van der Waals surface area contributed by atoms with Crippen molar-refractivity contribution in [3.05, 3.63) is 53.0 Å². The molecule has 25 heavy (non-hydrogen) atoms. The van der Waals surface area contributed by atoms with Crippen molar-refractivity contribution in [3.8, 4) is 0 Å². The zero-order chi connectivity index (χ0) is 17.4. The topological polar surface area (TPSA) is 59.2 Å². The molecule has 4 heterocycles. The van der Waals surface area contributed by atoms with Crippen molar-refractivity contribution in [2.45, 2.75) is 46.1 Å². The molecule has 0 aromatic carbocycles. The molecule has 3 aromatic heterocycles. The number of nitrogens with zero attached hydrogens (tertiary/aromatic N) is 6. The van der Waals surface area contributed by atoms with Crippen LogP contribution in [0.25, 0.3) is 5.65 Å². The lowest BCUT2D eigenvalue weighted by atomic mass is 9.94.